The van der Waals surface area contributed by atoms with Gasteiger partial charge in [0.2, 0.25) is 15.9 Å². The highest BCUT2D eigenvalue weighted by atomic mass is 32.2. The van der Waals surface area contributed by atoms with E-state index in [4.69, 9.17) is 0 Å². The molecule has 2 heterocycles. The highest BCUT2D eigenvalue weighted by Gasteiger charge is 2.48. The first-order valence-corrected chi connectivity index (χ1v) is 8.52. The Kier molecular flexibility index (Phi) is 4.42. The van der Waals surface area contributed by atoms with E-state index in [1.807, 2.05) is 0 Å². The van der Waals surface area contributed by atoms with Gasteiger partial charge < -0.3 is 4.90 Å². The lowest BCUT2D eigenvalue weighted by molar-refractivity contribution is -0.195. The first kappa shape index (κ1) is 17.0. The SMILES string of the molecule is CC1CN(C(=O)CN2CCCC(C(F)(F)F)C2=O)S(=O)(=O)C1. The average molecular weight is 342 g/mol. The van der Waals surface area contributed by atoms with Crippen molar-refractivity contribution >= 4 is 21.8 Å². The summed E-state index contributed by atoms with van der Waals surface area (Å²) in [4.78, 5) is 24.7. The normalized spacial score (nSPS) is 29.0. The first-order valence-electron chi connectivity index (χ1n) is 6.91. The second-order valence-corrected chi connectivity index (χ2v) is 7.74. The maximum atomic E-state index is 12.7. The quantitative estimate of drug-likeness (QED) is 0.736. The third kappa shape index (κ3) is 3.36. The van der Waals surface area contributed by atoms with Gasteiger partial charge in [-0.15, -0.1) is 0 Å². The lowest BCUT2D eigenvalue weighted by Crippen LogP contribution is -2.51. The summed E-state index contributed by atoms with van der Waals surface area (Å²) in [7, 11) is -3.72. The summed E-state index contributed by atoms with van der Waals surface area (Å²) >= 11 is 0. The number of halogens is 3. The van der Waals surface area contributed by atoms with Crippen molar-refractivity contribution in [2.24, 2.45) is 11.8 Å². The minimum absolute atomic E-state index is 0.00585. The summed E-state index contributed by atoms with van der Waals surface area (Å²) in [5.74, 6) is -4.51. The van der Waals surface area contributed by atoms with Crippen molar-refractivity contribution in [1.29, 1.82) is 0 Å². The Bertz CT molecular complexity index is 575. The van der Waals surface area contributed by atoms with E-state index >= 15 is 0 Å². The third-order valence-electron chi connectivity index (χ3n) is 3.84. The van der Waals surface area contributed by atoms with Gasteiger partial charge >= 0.3 is 6.18 Å². The molecular formula is C12H17F3N2O4S. The van der Waals surface area contributed by atoms with Crippen LogP contribution in [0.25, 0.3) is 0 Å². The van der Waals surface area contributed by atoms with Gasteiger partial charge in [0.25, 0.3) is 5.91 Å². The number of alkyl halides is 3. The zero-order chi connectivity index (χ0) is 16.7. The molecule has 0 bridgehead atoms. The first-order chi connectivity index (χ1) is 10.0. The number of rotatable bonds is 2. The van der Waals surface area contributed by atoms with Gasteiger partial charge in [0.05, 0.1) is 5.75 Å². The van der Waals surface area contributed by atoms with Crippen LogP contribution in [0, 0.1) is 11.8 Å². The van der Waals surface area contributed by atoms with Crippen LogP contribution in [0.5, 0.6) is 0 Å². The zero-order valence-corrected chi connectivity index (χ0v) is 12.8. The number of carbonyl (C=O) groups excluding carboxylic acids is 2. The van der Waals surface area contributed by atoms with Gasteiger partial charge in [-0.2, -0.15) is 13.2 Å². The van der Waals surface area contributed by atoms with E-state index < -0.39 is 40.5 Å². The summed E-state index contributed by atoms with van der Waals surface area (Å²) in [5.41, 5.74) is 0. The number of carbonyl (C=O) groups is 2. The second kappa shape index (κ2) is 5.71. The standard InChI is InChI=1S/C12H17F3N2O4S/c1-8-5-17(22(20,21)7-8)10(18)6-16-4-2-3-9(11(16)19)12(13,14)15/h8-9H,2-7H2,1H3. The molecule has 0 aromatic carbocycles. The Hall–Kier alpha value is -1.32. The van der Waals surface area contributed by atoms with E-state index in [9.17, 15) is 31.2 Å². The van der Waals surface area contributed by atoms with E-state index in [0.717, 1.165) is 4.90 Å². The number of likely N-dealkylation sites (tertiary alicyclic amines) is 1. The van der Waals surface area contributed by atoms with Crippen molar-refractivity contribution in [2.75, 3.05) is 25.4 Å². The van der Waals surface area contributed by atoms with Crippen LogP contribution in [0.2, 0.25) is 0 Å². The molecule has 2 unspecified atom stereocenters. The molecule has 0 radical (unpaired) electrons. The van der Waals surface area contributed by atoms with Crippen molar-refractivity contribution in [3.63, 3.8) is 0 Å². The predicted octanol–water partition coefficient (Wildman–Crippen LogP) is 0.595. The molecule has 2 aliphatic heterocycles. The molecule has 2 rings (SSSR count). The Morgan fingerprint density at radius 2 is 2.00 bits per heavy atom. The second-order valence-electron chi connectivity index (χ2n) is 5.80. The molecule has 0 spiro atoms. The molecule has 0 aliphatic carbocycles. The number of piperidine rings is 1. The van der Waals surface area contributed by atoms with Crippen molar-refractivity contribution in [3.05, 3.63) is 0 Å². The number of hydrogen-bond acceptors (Lipinski definition) is 4. The van der Waals surface area contributed by atoms with Crippen molar-refractivity contribution in [2.45, 2.75) is 25.9 Å². The molecular weight excluding hydrogens is 325 g/mol. The molecule has 10 heteroatoms. The third-order valence-corrected chi connectivity index (χ3v) is 5.85. The number of nitrogens with zero attached hydrogens (tertiary/aromatic N) is 2. The lowest BCUT2D eigenvalue weighted by Gasteiger charge is -2.33. The molecule has 2 fully saturated rings. The summed E-state index contributed by atoms with van der Waals surface area (Å²) in [6, 6.07) is 0. The molecule has 0 saturated carbocycles. The van der Waals surface area contributed by atoms with Crippen LogP contribution in [0.1, 0.15) is 19.8 Å². The Morgan fingerprint density at radius 1 is 1.36 bits per heavy atom. The van der Waals surface area contributed by atoms with Gasteiger partial charge in [0.1, 0.15) is 12.5 Å². The van der Waals surface area contributed by atoms with Gasteiger partial charge in [-0.1, -0.05) is 6.92 Å². The topological polar surface area (TPSA) is 74.8 Å². The molecule has 0 aromatic heterocycles. The molecule has 2 aliphatic rings. The van der Waals surface area contributed by atoms with Gasteiger partial charge in [-0.25, -0.2) is 12.7 Å². The Morgan fingerprint density at radius 3 is 2.50 bits per heavy atom. The van der Waals surface area contributed by atoms with Crippen LogP contribution in [-0.4, -0.2) is 61.0 Å². The fraction of sp³-hybridized carbons (Fsp3) is 0.833. The maximum Gasteiger partial charge on any atom is 0.400 e. The minimum atomic E-state index is -4.65. The molecule has 22 heavy (non-hydrogen) atoms. The molecule has 2 atom stereocenters. The largest absolute Gasteiger partial charge is 0.400 e. The highest BCUT2D eigenvalue weighted by molar-refractivity contribution is 7.89. The van der Waals surface area contributed by atoms with E-state index in [-0.39, 0.29) is 37.6 Å². The van der Waals surface area contributed by atoms with Crippen LogP contribution < -0.4 is 0 Å². The molecule has 2 saturated heterocycles. The van der Waals surface area contributed by atoms with Crippen molar-refractivity contribution in [1.82, 2.24) is 9.21 Å². The van der Waals surface area contributed by atoms with Gasteiger partial charge in [0.15, 0.2) is 0 Å². The summed E-state index contributed by atoms with van der Waals surface area (Å²) < 4.78 is 62.5. The fourth-order valence-corrected chi connectivity index (χ4v) is 4.65. The van der Waals surface area contributed by atoms with Crippen LogP contribution >= 0.6 is 0 Å². The van der Waals surface area contributed by atoms with Crippen molar-refractivity contribution < 1.29 is 31.2 Å². The highest BCUT2D eigenvalue weighted by Crippen LogP contribution is 2.34. The summed E-state index contributed by atoms with van der Waals surface area (Å²) in [5, 5.41) is 0. The van der Waals surface area contributed by atoms with Gasteiger partial charge in [0, 0.05) is 13.1 Å². The van der Waals surface area contributed by atoms with Gasteiger partial charge in [-0.3, -0.25) is 9.59 Å². The Balaban J connectivity index is 2.07. The number of amides is 2. The number of sulfonamides is 1. The maximum absolute atomic E-state index is 12.7. The van der Waals surface area contributed by atoms with E-state index in [1.165, 1.54) is 0 Å². The molecule has 2 amide bonds. The molecule has 126 valence electrons. The predicted molar refractivity (Wildman–Crippen MR) is 70.0 cm³/mol. The van der Waals surface area contributed by atoms with E-state index in [2.05, 4.69) is 0 Å². The molecule has 0 N–H and O–H groups in total. The van der Waals surface area contributed by atoms with E-state index in [1.54, 1.807) is 6.92 Å². The van der Waals surface area contributed by atoms with Crippen LogP contribution in [0.15, 0.2) is 0 Å². The fourth-order valence-electron chi connectivity index (χ4n) is 2.80. The average Bonchev–Trinajstić information content (AvgIpc) is 2.63. The van der Waals surface area contributed by atoms with E-state index in [0.29, 0.717) is 4.31 Å². The van der Waals surface area contributed by atoms with Crippen LogP contribution in [0.3, 0.4) is 0 Å². The Labute approximate surface area is 126 Å². The minimum Gasteiger partial charge on any atom is -0.333 e. The van der Waals surface area contributed by atoms with Crippen LogP contribution in [-0.2, 0) is 19.6 Å². The summed E-state index contributed by atoms with van der Waals surface area (Å²) in [6.07, 6.45) is -4.81. The number of hydrogen-bond donors (Lipinski definition) is 0. The molecule has 0 aromatic rings. The zero-order valence-electron chi connectivity index (χ0n) is 12.0. The smallest absolute Gasteiger partial charge is 0.333 e. The van der Waals surface area contributed by atoms with Crippen LogP contribution in [0.4, 0.5) is 13.2 Å². The van der Waals surface area contributed by atoms with Gasteiger partial charge in [-0.05, 0) is 18.8 Å². The summed E-state index contributed by atoms with van der Waals surface area (Å²) in [6.45, 7) is 1.07. The van der Waals surface area contributed by atoms with Crippen molar-refractivity contribution in [3.8, 4) is 0 Å². The lowest BCUT2D eigenvalue weighted by atomic mass is 9.96. The molecule has 6 nitrogen and oxygen atoms in total. The monoisotopic (exact) mass is 342 g/mol.